The van der Waals surface area contributed by atoms with Crippen LogP contribution < -0.4 is 5.90 Å². The minimum atomic E-state index is -5.42. The maximum atomic E-state index is 10.5. The second-order valence-electron chi connectivity index (χ2n) is 1.13. The molecule has 0 aliphatic heterocycles. The van der Waals surface area contributed by atoms with E-state index in [0.717, 1.165) is 0 Å². The van der Waals surface area contributed by atoms with Gasteiger partial charge in [-0.25, -0.2) is 10.5 Å². The molecule has 1 atom stereocenters. The summed E-state index contributed by atoms with van der Waals surface area (Å²) in [7, 11) is -5.42. The molecule has 0 saturated heterocycles. The summed E-state index contributed by atoms with van der Waals surface area (Å²) in [6, 6.07) is 0. The highest BCUT2D eigenvalue weighted by Crippen LogP contribution is 2.37. The van der Waals surface area contributed by atoms with Crippen LogP contribution in [0.5, 0.6) is 0 Å². The predicted octanol–water partition coefficient (Wildman–Crippen LogP) is -0.626. The Bertz CT molecular complexity index is 301. The van der Waals surface area contributed by atoms with Crippen LogP contribution in [0.2, 0.25) is 0 Å². The lowest BCUT2D eigenvalue weighted by Crippen LogP contribution is -2.17. The SMILES string of the molecule is [2H]C([2H])([2H])C([2H])(OP(=O)(O)O)C([2H])([2H])ON. The van der Waals surface area contributed by atoms with Crippen molar-refractivity contribution in [1.82, 2.24) is 0 Å². The summed E-state index contributed by atoms with van der Waals surface area (Å²) in [5.41, 5.74) is 0. The van der Waals surface area contributed by atoms with E-state index in [4.69, 9.17) is 18.0 Å². The Labute approximate surface area is 66.6 Å². The zero-order valence-corrected chi connectivity index (χ0v) is 5.54. The van der Waals surface area contributed by atoms with Gasteiger partial charge in [0.25, 0.3) is 0 Å². The molecule has 0 heterocycles. The number of phosphoric ester groups is 1. The third-order valence-electron chi connectivity index (χ3n) is 0.362. The Balaban J connectivity index is 5.48. The first-order chi connectivity index (χ1) is 6.77. The monoisotopic (exact) mass is 177 g/mol. The molecule has 10 heavy (non-hydrogen) atoms. The van der Waals surface area contributed by atoms with Crippen molar-refractivity contribution in [3.05, 3.63) is 0 Å². The Morgan fingerprint density at radius 3 is 3.00 bits per heavy atom. The van der Waals surface area contributed by atoms with E-state index in [-0.39, 0.29) is 0 Å². The van der Waals surface area contributed by atoms with Crippen LogP contribution >= 0.6 is 7.82 Å². The molecular weight excluding hydrogens is 161 g/mol. The smallest absolute Gasteiger partial charge is 0.303 e. The Hall–Kier alpha value is 0.0300. The molecule has 0 aromatic heterocycles. The highest BCUT2D eigenvalue weighted by atomic mass is 31.2. The zero-order chi connectivity index (χ0) is 13.4. The third-order valence-corrected chi connectivity index (χ3v) is 0.782. The largest absolute Gasteiger partial charge is 0.469 e. The van der Waals surface area contributed by atoms with Crippen molar-refractivity contribution >= 4 is 7.82 Å². The Morgan fingerprint density at radius 1 is 2.10 bits per heavy atom. The molecule has 0 saturated carbocycles. The molecule has 0 amide bonds. The van der Waals surface area contributed by atoms with E-state index in [0.29, 0.717) is 0 Å². The highest BCUT2D eigenvalue weighted by molar-refractivity contribution is 7.46. The maximum absolute atomic E-state index is 10.5. The molecule has 0 aliphatic rings. The minimum Gasteiger partial charge on any atom is -0.303 e. The topological polar surface area (TPSA) is 102 Å². The van der Waals surface area contributed by atoms with Gasteiger partial charge < -0.3 is 14.6 Å². The molecule has 0 aliphatic carbocycles. The Kier molecular flexibility index (Phi) is 1.46. The van der Waals surface area contributed by atoms with Gasteiger partial charge in [0.05, 0.1) is 16.8 Å². The average Bonchev–Trinajstić information content (AvgIpc) is 1.98. The summed E-state index contributed by atoms with van der Waals surface area (Å²) in [5, 5.41) is 0. The van der Waals surface area contributed by atoms with E-state index in [1.54, 1.807) is 0 Å². The zero-order valence-electron chi connectivity index (χ0n) is 10.6. The first kappa shape index (κ1) is 3.62. The molecule has 0 bridgehead atoms. The van der Waals surface area contributed by atoms with Crippen molar-refractivity contribution in [2.45, 2.75) is 12.9 Å². The molecule has 6 nitrogen and oxygen atoms in total. The molecule has 1 unspecified atom stereocenters. The summed E-state index contributed by atoms with van der Waals surface area (Å²) in [5.74, 6) is 4.43. The van der Waals surface area contributed by atoms with E-state index in [9.17, 15) is 4.57 Å². The van der Waals surface area contributed by atoms with Gasteiger partial charge in [0.15, 0.2) is 0 Å². The quantitative estimate of drug-likeness (QED) is 0.390. The number of rotatable bonds is 4. The fraction of sp³-hybridized carbons (Fsp3) is 1.00. The molecule has 0 aromatic carbocycles. The second-order valence-corrected chi connectivity index (χ2v) is 2.29. The molecule has 0 radical (unpaired) electrons. The van der Waals surface area contributed by atoms with Crippen molar-refractivity contribution in [2.24, 2.45) is 5.90 Å². The minimum absolute atomic E-state index is 3.45. The van der Waals surface area contributed by atoms with Crippen LogP contribution in [-0.2, 0) is 13.9 Å². The first-order valence-electron chi connectivity index (χ1n) is 4.91. The van der Waals surface area contributed by atoms with Crippen LogP contribution in [0.4, 0.5) is 0 Å². The van der Waals surface area contributed by atoms with E-state index in [1.165, 1.54) is 0 Å². The van der Waals surface area contributed by atoms with Gasteiger partial charge in [0, 0.05) is 4.11 Å². The normalized spacial score (nSPS) is 29.9. The van der Waals surface area contributed by atoms with Crippen LogP contribution in [0, 0.1) is 0 Å². The van der Waals surface area contributed by atoms with Crippen LogP contribution in [-0.4, -0.2) is 22.4 Å². The molecule has 7 heteroatoms. The fourth-order valence-electron chi connectivity index (χ4n) is 0.191. The van der Waals surface area contributed by atoms with Crippen molar-refractivity contribution < 1.29 is 31.9 Å². The number of phosphoric acid groups is 1. The third kappa shape index (κ3) is 6.15. The second kappa shape index (κ2) is 4.02. The average molecular weight is 177 g/mol. The van der Waals surface area contributed by atoms with Gasteiger partial charge in [0.1, 0.15) is 0 Å². The van der Waals surface area contributed by atoms with Crippen molar-refractivity contribution in [3.8, 4) is 0 Å². The summed E-state index contributed by atoms with van der Waals surface area (Å²) >= 11 is 0. The summed E-state index contributed by atoms with van der Waals surface area (Å²) in [6.45, 7) is -6.98. The lowest BCUT2D eigenvalue weighted by Gasteiger charge is -2.10. The van der Waals surface area contributed by atoms with Gasteiger partial charge in [-0.3, -0.25) is 4.52 Å². The maximum Gasteiger partial charge on any atom is 0.469 e. The highest BCUT2D eigenvalue weighted by Gasteiger charge is 2.18. The van der Waals surface area contributed by atoms with Gasteiger partial charge in [-0.15, -0.1) is 0 Å². The standard InChI is InChI=1S/C3H10NO5P/c1-3(2-8-4)9-10(5,6)7/h3H,2,4H2,1H3,(H2,5,6,7)/i1D3,2D2,3D. The number of hydrogen-bond acceptors (Lipinski definition) is 4. The fourth-order valence-corrected chi connectivity index (χ4v) is 0.466. The molecule has 4 N–H and O–H groups in total. The van der Waals surface area contributed by atoms with Gasteiger partial charge >= 0.3 is 7.82 Å². The van der Waals surface area contributed by atoms with Crippen LogP contribution in [0.3, 0.4) is 0 Å². The van der Waals surface area contributed by atoms with Crippen molar-refractivity contribution in [3.63, 3.8) is 0 Å². The lowest BCUT2D eigenvalue weighted by molar-refractivity contribution is 0.0419. The molecular formula is C3H10NO5P. The van der Waals surface area contributed by atoms with Crippen LogP contribution in [0.1, 0.15) is 15.1 Å². The van der Waals surface area contributed by atoms with E-state index in [1.807, 2.05) is 0 Å². The van der Waals surface area contributed by atoms with Crippen molar-refractivity contribution in [1.29, 1.82) is 0 Å². The molecule has 0 rings (SSSR count). The summed E-state index contributed by atoms with van der Waals surface area (Å²) in [4.78, 5) is 20.5. The van der Waals surface area contributed by atoms with E-state index >= 15 is 0 Å². The van der Waals surface area contributed by atoms with Gasteiger partial charge in [-0.2, -0.15) is 0 Å². The van der Waals surface area contributed by atoms with Crippen LogP contribution in [0.15, 0.2) is 0 Å². The number of nitrogens with two attached hydrogens (primary N) is 1. The molecule has 0 fully saturated rings. The predicted molar refractivity (Wildman–Crippen MR) is 32.7 cm³/mol. The Morgan fingerprint density at radius 2 is 2.70 bits per heavy atom. The summed E-state index contributed by atoms with van der Waals surface area (Å²) < 4.78 is 55.7. The van der Waals surface area contributed by atoms with Crippen LogP contribution in [0.25, 0.3) is 0 Å². The first-order valence-corrected chi connectivity index (χ1v) is 3.44. The molecule has 62 valence electrons. The van der Waals surface area contributed by atoms with E-state index in [2.05, 4.69) is 15.3 Å². The number of hydrogen-bond donors (Lipinski definition) is 3. The van der Waals surface area contributed by atoms with Crippen molar-refractivity contribution in [2.75, 3.05) is 6.56 Å². The summed E-state index contributed by atoms with van der Waals surface area (Å²) in [6.07, 6.45) is -3.66. The molecule has 0 spiro atoms. The lowest BCUT2D eigenvalue weighted by atomic mass is 10.5. The van der Waals surface area contributed by atoms with Gasteiger partial charge in [-0.1, -0.05) is 0 Å². The van der Waals surface area contributed by atoms with Gasteiger partial charge in [-0.05, 0) is 6.85 Å². The van der Waals surface area contributed by atoms with E-state index < -0.39 is 27.3 Å². The molecule has 0 aromatic rings. The van der Waals surface area contributed by atoms with Gasteiger partial charge in [0.2, 0.25) is 0 Å².